The van der Waals surface area contributed by atoms with Gasteiger partial charge in [-0.3, -0.25) is 14.5 Å². The predicted molar refractivity (Wildman–Crippen MR) is 89.3 cm³/mol. The zero-order chi connectivity index (χ0) is 16.3. The van der Waals surface area contributed by atoms with Crippen LogP contribution in [0.25, 0.3) is 0 Å². The Morgan fingerprint density at radius 2 is 1.86 bits per heavy atom. The number of hydrogen-bond donors (Lipinski definition) is 1. The molecule has 22 heavy (non-hydrogen) atoms. The molecule has 1 saturated heterocycles. The molecule has 0 aromatic carbocycles. The third-order valence-corrected chi connectivity index (χ3v) is 4.60. The van der Waals surface area contributed by atoms with E-state index in [-0.39, 0.29) is 17.4 Å². The minimum absolute atomic E-state index is 0.0429. The SMILES string of the molecule is Cc1ccsc1C(=O)N1CCN(CC(=O)NC(C)(C)C)CC1. The number of nitrogens with one attached hydrogen (secondary N) is 1. The van der Waals surface area contributed by atoms with Crippen LogP contribution in [0.3, 0.4) is 0 Å². The summed E-state index contributed by atoms with van der Waals surface area (Å²) >= 11 is 1.50. The number of aryl methyl sites for hydroxylation is 1. The first-order valence-corrected chi connectivity index (χ1v) is 8.51. The van der Waals surface area contributed by atoms with Gasteiger partial charge in [-0.15, -0.1) is 11.3 Å². The lowest BCUT2D eigenvalue weighted by Crippen LogP contribution is -2.52. The second-order valence-electron chi connectivity index (χ2n) is 6.80. The molecule has 0 atom stereocenters. The standard InChI is InChI=1S/C16H25N3O2S/c1-12-5-10-22-14(12)15(21)19-8-6-18(7-9-19)11-13(20)17-16(2,3)4/h5,10H,6-9,11H2,1-4H3,(H,17,20). The Bertz CT molecular complexity index is 540. The minimum Gasteiger partial charge on any atom is -0.350 e. The molecule has 1 aromatic rings. The summed E-state index contributed by atoms with van der Waals surface area (Å²) in [5.41, 5.74) is 0.841. The first-order valence-electron chi connectivity index (χ1n) is 7.63. The highest BCUT2D eigenvalue weighted by Gasteiger charge is 2.25. The van der Waals surface area contributed by atoms with Gasteiger partial charge in [-0.05, 0) is 44.7 Å². The fourth-order valence-corrected chi connectivity index (χ4v) is 3.40. The molecule has 1 N–H and O–H groups in total. The molecule has 0 saturated carbocycles. The van der Waals surface area contributed by atoms with E-state index in [9.17, 15) is 9.59 Å². The Kier molecular flexibility index (Phi) is 5.24. The lowest BCUT2D eigenvalue weighted by molar-refractivity contribution is -0.124. The monoisotopic (exact) mass is 323 g/mol. The molecule has 5 nitrogen and oxygen atoms in total. The van der Waals surface area contributed by atoms with E-state index in [0.717, 1.165) is 23.5 Å². The van der Waals surface area contributed by atoms with Crippen molar-refractivity contribution in [3.05, 3.63) is 21.9 Å². The largest absolute Gasteiger partial charge is 0.350 e. The van der Waals surface area contributed by atoms with Gasteiger partial charge in [0.05, 0.1) is 11.4 Å². The second-order valence-corrected chi connectivity index (χ2v) is 7.72. The van der Waals surface area contributed by atoms with Gasteiger partial charge in [-0.25, -0.2) is 0 Å². The maximum atomic E-state index is 12.4. The number of thiophene rings is 1. The highest BCUT2D eigenvalue weighted by Crippen LogP contribution is 2.18. The van der Waals surface area contributed by atoms with Crippen molar-refractivity contribution in [3.8, 4) is 0 Å². The summed E-state index contributed by atoms with van der Waals surface area (Å²) in [6.07, 6.45) is 0. The molecule has 1 aliphatic rings. The molecule has 2 heterocycles. The fraction of sp³-hybridized carbons (Fsp3) is 0.625. The van der Waals surface area contributed by atoms with E-state index in [1.165, 1.54) is 11.3 Å². The van der Waals surface area contributed by atoms with Crippen LogP contribution in [0.5, 0.6) is 0 Å². The molecular weight excluding hydrogens is 298 g/mol. The summed E-state index contributed by atoms with van der Waals surface area (Å²) in [6.45, 7) is 11.1. The van der Waals surface area contributed by atoms with Crippen molar-refractivity contribution in [1.29, 1.82) is 0 Å². The Balaban J connectivity index is 1.82. The summed E-state index contributed by atoms with van der Waals surface area (Å²) in [5.74, 6) is 0.160. The van der Waals surface area contributed by atoms with Crippen LogP contribution in [0.15, 0.2) is 11.4 Å². The summed E-state index contributed by atoms with van der Waals surface area (Å²) in [4.78, 5) is 29.2. The number of piperazine rings is 1. The molecule has 0 unspecified atom stereocenters. The van der Waals surface area contributed by atoms with Gasteiger partial charge in [0.15, 0.2) is 0 Å². The Morgan fingerprint density at radius 3 is 2.36 bits per heavy atom. The quantitative estimate of drug-likeness (QED) is 0.922. The number of hydrogen-bond acceptors (Lipinski definition) is 4. The topological polar surface area (TPSA) is 52.7 Å². The lowest BCUT2D eigenvalue weighted by atomic mass is 10.1. The number of carbonyl (C=O) groups excluding carboxylic acids is 2. The first kappa shape index (κ1) is 17.0. The van der Waals surface area contributed by atoms with Gasteiger partial charge in [0.1, 0.15) is 0 Å². The first-order chi connectivity index (χ1) is 10.3. The predicted octanol–water partition coefficient (Wildman–Crippen LogP) is 1.73. The summed E-state index contributed by atoms with van der Waals surface area (Å²) in [6, 6.07) is 1.98. The van der Waals surface area contributed by atoms with Crippen LogP contribution >= 0.6 is 11.3 Å². The van der Waals surface area contributed by atoms with Crippen LogP contribution in [0, 0.1) is 6.92 Å². The van der Waals surface area contributed by atoms with E-state index in [2.05, 4.69) is 10.2 Å². The molecule has 1 aromatic heterocycles. The summed E-state index contributed by atoms with van der Waals surface area (Å²) in [5, 5.41) is 4.92. The molecule has 122 valence electrons. The lowest BCUT2D eigenvalue weighted by Gasteiger charge is -2.34. The fourth-order valence-electron chi connectivity index (χ4n) is 2.51. The molecule has 2 amide bonds. The van der Waals surface area contributed by atoms with E-state index in [1.807, 2.05) is 44.0 Å². The van der Waals surface area contributed by atoms with Crippen LogP contribution in [0.4, 0.5) is 0 Å². The Labute approximate surface area is 136 Å². The maximum absolute atomic E-state index is 12.4. The van der Waals surface area contributed by atoms with Gasteiger partial charge in [0.25, 0.3) is 5.91 Å². The van der Waals surface area contributed by atoms with E-state index >= 15 is 0 Å². The average molecular weight is 323 g/mol. The normalized spacial score (nSPS) is 16.6. The van der Waals surface area contributed by atoms with Gasteiger partial charge in [-0.1, -0.05) is 0 Å². The number of carbonyl (C=O) groups is 2. The van der Waals surface area contributed by atoms with E-state index in [4.69, 9.17) is 0 Å². The van der Waals surface area contributed by atoms with Crippen LogP contribution in [0.1, 0.15) is 36.0 Å². The van der Waals surface area contributed by atoms with Crippen molar-refractivity contribution < 1.29 is 9.59 Å². The molecule has 0 bridgehead atoms. The van der Waals surface area contributed by atoms with Crippen LogP contribution < -0.4 is 5.32 Å². The van der Waals surface area contributed by atoms with E-state index in [1.54, 1.807) is 0 Å². The molecule has 0 spiro atoms. The van der Waals surface area contributed by atoms with Gasteiger partial charge >= 0.3 is 0 Å². The van der Waals surface area contributed by atoms with E-state index in [0.29, 0.717) is 19.6 Å². The molecule has 1 fully saturated rings. The van der Waals surface area contributed by atoms with Crippen molar-refractivity contribution in [1.82, 2.24) is 15.1 Å². The van der Waals surface area contributed by atoms with Crippen molar-refractivity contribution in [2.24, 2.45) is 0 Å². The van der Waals surface area contributed by atoms with Crippen molar-refractivity contribution in [2.75, 3.05) is 32.7 Å². The highest BCUT2D eigenvalue weighted by molar-refractivity contribution is 7.12. The number of amides is 2. The molecule has 0 radical (unpaired) electrons. The Hall–Kier alpha value is -1.40. The summed E-state index contributed by atoms with van der Waals surface area (Å²) < 4.78 is 0. The maximum Gasteiger partial charge on any atom is 0.264 e. The molecular formula is C16H25N3O2S. The third-order valence-electron chi connectivity index (χ3n) is 3.60. The summed E-state index contributed by atoms with van der Waals surface area (Å²) in [7, 11) is 0. The number of rotatable bonds is 3. The van der Waals surface area contributed by atoms with Crippen molar-refractivity contribution in [3.63, 3.8) is 0 Å². The molecule has 6 heteroatoms. The van der Waals surface area contributed by atoms with Gasteiger partial charge in [0, 0.05) is 31.7 Å². The highest BCUT2D eigenvalue weighted by atomic mass is 32.1. The molecule has 0 aliphatic carbocycles. The minimum atomic E-state index is -0.203. The number of nitrogens with zero attached hydrogens (tertiary/aromatic N) is 2. The Morgan fingerprint density at radius 1 is 1.23 bits per heavy atom. The van der Waals surface area contributed by atoms with Crippen LogP contribution in [0.2, 0.25) is 0 Å². The molecule has 2 rings (SSSR count). The van der Waals surface area contributed by atoms with Crippen LogP contribution in [-0.4, -0.2) is 59.9 Å². The third kappa shape index (κ3) is 4.55. The van der Waals surface area contributed by atoms with Gasteiger partial charge in [-0.2, -0.15) is 0 Å². The average Bonchev–Trinajstić information content (AvgIpc) is 2.83. The van der Waals surface area contributed by atoms with Gasteiger partial charge < -0.3 is 10.2 Å². The van der Waals surface area contributed by atoms with Gasteiger partial charge in [0.2, 0.25) is 5.91 Å². The van der Waals surface area contributed by atoms with Crippen molar-refractivity contribution in [2.45, 2.75) is 33.2 Å². The van der Waals surface area contributed by atoms with E-state index < -0.39 is 0 Å². The van der Waals surface area contributed by atoms with Crippen molar-refractivity contribution >= 4 is 23.2 Å². The zero-order valence-electron chi connectivity index (χ0n) is 13.8. The second kappa shape index (κ2) is 6.79. The zero-order valence-corrected chi connectivity index (χ0v) is 14.6. The smallest absolute Gasteiger partial charge is 0.264 e. The van der Waals surface area contributed by atoms with Crippen LogP contribution in [-0.2, 0) is 4.79 Å². The molecule has 1 aliphatic heterocycles.